The van der Waals surface area contributed by atoms with Crippen LogP contribution in [0.2, 0.25) is 0 Å². The summed E-state index contributed by atoms with van der Waals surface area (Å²) >= 11 is 0. The zero-order chi connectivity index (χ0) is 23.2. The van der Waals surface area contributed by atoms with Gasteiger partial charge in [-0.05, 0) is 48.0 Å². The summed E-state index contributed by atoms with van der Waals surface area (Å²) in [6.45, 7) is 0.427. The lowest BCUT2D eigenvalue weighted by molar-refractivity contribution is 0.617. The van der Waals surface area contributed by atoms with Gasteiger partial charge in [-0.3, -0.25) is 9.78 Å². The van der Waals surface area contributed by atoms with Crippen LogP contribution < -0.4 is 0 Å². The Morgan fingerprint density at radius 1 is 1.03 bits per heavy atom. The Hall–Kier alpha value is -4.91. The molecule has 0 unspecified atom stereocenters. The number of nitriles is 1. The number of aromatic amines is 1. The SMILES string of the molecule is N#Cc1ccc(Cn2nccc2-c2cc(F)c3nnn(-c4ccc5cn[nH]c5c4F)c3c2)cc1. The van der Waals surface area contributed by atoms with Crippen molar-refractivity contribution in [1.29, 1.82) is 5.26 Å². The van der Waals surface area contributed by atoms with Gasteiger partial charge in [0.05, 0.1) is 35.6 Å². The number of nitrogens with zero attached hydrogens (tertiary/aromatic N) is 7. The first-order chi connectivity index (χ1) is 16.6. The van der Waals surface area contributed by atoms with Crippen molar-refractivity contribution in [2.45, 2.75) is 6.54 Å². The second kappa shape index (κ2) is 7.60. The summed E-state index contributed by atoms with van der Waals surface area (Å²) in [5.41, 5.74) is 3.43. The molecular weight excluding hydrogens is 438 g/mol. The van der Waals surface area contributed by atoms with Crippen molar-refractivity contribution in [2.75, 3.05) is 0 Å². The standard InChI is InChI=1S/C24H14F2N8/c25-18-9-17(19-7-8-29-33(19)13-15-3-1-14(11-27)2-4-15)10-21-24(18)31-32-34(21)20-6-5-16-12-28-30-23(16)22(20)26/h1-10,12H,13H2,(H,28,30). The third-order valence-electron chi connectivity index (χ3n) is 5.70. The maximum Gasteiger partial charge on any atom is 0.174 e. The number of rotatable bonds is 4. The molecule has 0 spiro atoms. The van der Waals surface area contributed by atoms with Crippen molar-refractivity contribution in [1.82, 2.24) is 35.0 Å². The lowest BCUT2D eigenvalue weighted by atomic mass is 10.1. The molecule has 34 heavy (non-hydrogen) atoms. The molecule has 10 heteroatoms. The van der Waals surface area contributed by atoms with Crippen molar-refractivity contribution in [3.63, 3.8) is 0 Å². The minimum Gasteiger partial charge on any atom is -0.275 e. The first-order valence-electron chi connectivity index (χ1n) is 10.3. The van der Waals surface area contributed by atoms with Crippen molar-refractivity contribution < 1.29 is 8.78 Å². The summed E-state index contributed by atoms with van der Waals surface area (Å²) in [5, 5.41) is 28.4. The highest BCUT2D eigenvalue weighted by atomic mass is 19.1. The Morgan fingerprint density at radius 3 is 2.71 bits per heavy atom. The van der Waals surface area contributed by atoms with Crippen LogP contribution >= 0.6 is 0 Å². The molecule has 0 bridgehead atoms. The first-order valence-corrected chi connectivity index (χ1v) is 10.3. The fourth-order valence-corrected chi connectivity index (χ4v) is 4.00. The second-order valence-corrected chi connectivity index (χ2v) is 7.74. The minimum absolute atomic E-state index is 0.0333. The van der Waals surface area contributed by atoms with Gasteiger partial charge in [0.2, 0.25) is 0 Å². The summed E-state index contributed by atoms with van der Waals surface area (Å²) in [4.78, 5) is 0. The Labute approximate surface area is 190 Å². The highest BCUT2D eigenvalue weighted by Gasteiger charge is 2.19. The molecule has 6 aromatic rings. The molecule has 164 valence electrons. The van der Waals surface area contributed by atoms with E-state index >= 15 is 8.78 Å². The van der Waals surface area contributed by atoms with Crippen LogP contribution in [0, 0.1) is 23.0 Å². The lowest BCUT2D eigenvalue weighted by Gasteiger charge is -2.10. The van der Waals surface area contributed by atoms with Gasteiger partial charge >= 0.3 is 0 Å². The molecule has 0 amide bonds. The zero-order valence-corrected chi connectivity index (χ0v) is 17.4. The third kappa shape index (κ3) is 3.10. The van der Waals surface area contributed by atoms with Gasteiger partial charge in [-0.25, -0.2) is 13.5 Å². The molecule has 0 saturated carbocycles. The normalized spacial score (nSPS) is 11.3. The third-order valence-corrected chi connectivity index (χ3v) is 5.70. The predicted molar refractivity (Wildman–Crippen MR) is 120 cm³/mol. The van der Waals surface area contributed by atoms with E-state index in [1.165, 1.54) is 16.9 Å². The molecule has 0 saturated heterocycles. The molecule has 0 radical (unpaired) electrons. The molecule has 0 aliphatic carbocycles. The number of benzene rings is 3. The number of halogens is 2. The fourth-order valence-electron chi connectivity index (χ4n) is 4.00. The largest absolute Gasteiger partial charge is 0.275 e. The Balaban J connectivity index is 1.45. The monoisotopic (exact) mass is 452 g/mol. The van der Waals surface area contributed by atoms with Crippen molar-refractivity contribution in [2.24, 2.45) is 0 Å². The number of hydrogen-bond donors (Lipinski definition) is 1. The zero-order valence-electron chi connectivity index (χ0n) is 17.4. The molecule has 3 aromatic heterocycles. The van der Waals surface area contributed by atoms with Gasteiger partial charge in [0.1, 0.15) is 16.7 Å². The van der Waals surface area contributed by atoms with Gasteiger partial charge in [-0.1, -0.05) is 17.3 Å². The predicted octanol–water partition coefficient (Wildman–Crippen LogP) is 4.36. The number of H-pyrrole nitrogens is 1. The highest BCUT2D eigenvalue weighted by Crippen LogP contribution is 2.29. The van der Waals surface area contributed by atoms with Gasteiger partial charge in [-0.15, -0.1) is 5.10 Å². The Kier molecular flexibility index (Phi) is 4.41. The summed E-state index contributed by atoms with van der Waals surface area (Å²) in [6.07, 6.45) is 3.15. The number of hydrogen-bond acceptors (Lipinski definition) is 5. The van der Waals surface area contributed by atoms with Gasteiger partial charge in [0.25, 0.3) is 0 Å². The summed E-state index contributed by atoms with van der Waals surface area (Å²) in [5.74, 6) is -1.13. The quantitative estimate of drug-likeness (QED) is 0.428. The van der Waals surface area contributed by atoms with Crippen LogP contribution in [0.25, 0.3) is 38.9 Å². The van der Waals surface area contributed by atoms with E-state index in [1.807, 2.05) is 12.1 Å². The van der Waals surface area contributed by atoms with Crippen LogP contribution in [0.1, 0.15) is 11.1 Å². The van der Waals surface area contributed by atoms with Crippen molar-refractivity contribution >= 4 is 21.9 Å². The van der Waals surface area contributed by atoms with Gasteiger partial charge in [0, 0.05) is 17.1 Å². The average Bonchev–Trinajstić information content (AvgIpc) is 3.60. The first kappa shape index (κ1) is 19.8. The van der Waals surface area contributed by atoms with E-state index in [9.17, 15) is 0 Å². The lowest BCUT2D eigenvalue weighted by Crippen LogP contribution is -2.04. The van der Waals surface area contributed by atoms with Crippen molar-refractivity contribution in [3.8, 4) is 23.0 Å². The summed E-state index contributed by atoms with van der Waals surface area (Å²) < 4.78 is 33.2. The second-order valence-electron chi connectivity index (χ2n) is 7.74. The Bertz CT molecular complexity index is 1720. The van der Waals surface area contributed by atoms with Gasteiger partial charge in [0.15, 0.2) is 11.6 Å². The van der Waals surface area contributed by atoms with Crippen LogP contribution in [0.15, 0.2) is 67.0 Å². The highest BCUT2D eigenvalue weighted by molar-refractivity contribution is 5.85. The van der Waals surface area contributed by atoms with Crippen LogP contribution in [0.4, 0.5) is 8.78 Å². The molecule has 6 rings (SSSR count). The molecule has 0 aliphatic heterocycles. The molecular formula is C24H14F2N8. The number of nitrogens with one attached hydrogen (secondary N) is 1. The van der Waals surface area contributed by atoms with E-state index < -0.39 is 11.6 Å². The molecule has 3 heterocycles. The van der Waals surface area contributed by atoms with Crippen LogP contribution in [0.5, 0.6) is 0 Å². The van der Waals surface area contributed by atoms with Crippen LogP contribution in [-0.2, 0) is 6.54 Å². The Morgan fingerprint density at radius 2 is 1.88 bits per heavy atom. The fraction of sp³-hybridized carbons (Fsp3) is 0.0417. The van der Waals surface area contributed by atoms with E-state index in [1.54, 1.807) is 47.3 Å². The molecule has 0 fully saturated rings. The van der Waals surface area contributed by atoms with Crippen LogP contribution in [-0.4, -0.2) is 35.0 Å². The molecule has 8 nitrogen and oxygen atoms in total. The van der Waals surface area contributed by atoms with E-state index in [0.29, 0.717) is 34.3 Å². The average molecular weight is 452 g/mol. The minimum atomic E-state index is -0.576. The number of aromatic nitrogens is 7. The van der Waals surface area contributed by atoms with Gasteiger partial charge < -0.3 is 0 Å². The van der Waals surface area contributed by atoms with Crippen LogP contribution in [0.3, 0.4) is 0 Å². The summed E-state index contributed by atoms with van der Waals surface area (Å²) in [7, 11) is 0. The van der Waals surface area contributed by atoms with E-state index in [4.69, 9.17) is 5.26 Å². The molecule has 0 aliphatic rings. The molecule has 1 N–H and O–H groups in total. The van der Waals surface area contributed by atoms with Gasteiger partial charge in [-0.2, -0.15) is 15.5 Å². The molecule has 3 aromatic carbocycles. The topological polar surface area (TPSA) is 101 Å². The summed E-state index contributed by atoms with van der Waals surface area (Å²) in [6, 6.07) is 17.4. The smallest absolute Gasteiger partial charge is 0.174 e. The number of fused-ring (bicyclic) bond motifs is 2. The maximum absolute atomic E-state index is 15.1. The maximum atomic E-state index is 15.1. The van der Waals surface area contributed by atoms with Crippen molar-refractivity contribution in [3.05, 3.63) is 89.8 Å². The van der Waals surface area contributed by atoms with E-state index in [0.717, 1.165) is 5.56 Å². The van der Waals surface area contributed by atoms with E-state index in [2.05, 4.69) is 31.7 Å². The molecule has 0 atom stereocenters. The van der Waals surface area contributed by atoms with E-state index in [-0.39, 0.29) is 16.7 Å².